The number of amides is 1. The molecule has 1 saturated carbocycles. The van der Waals surface area contributed by atoms with Crippen LogP contribution in [0.5, 0.6) is 0 Å². The second-order valence-electron chi connectivity index (χ2n) is 4.93. The van der Waals surface area contributed by atoms with Crippen LogP contribution in [0.1, 0.15) is 36.5 Å². The van der Waals surface area contributed by atoms with Gasteiger partial charge in [-0.15, -0.1) is 0 Å². The van der Waals surface area contributed by atoms with Gasteiger partial charge in [0.15, 0.2) is 5.82 Å². The number of hydrogen-bond acceptors (Lipinski definition) is 3. The van der Waals surface area contributed by atoms with Crippen LogP contribution < -0.4 is 0 Å². The van der Waals surface area contributed by atoms with E-state index in [2.05, 4.69) is 0 Å². The maximum absolute atomic E-state index is 14.2. The molecule has 0 aliphatic heterocycles. The van der Waals surface area contributed by atoms with Gasteiger partial charge in [-0.25, -0.2) is 17.2 Å². The van der Waals surface area contributed by atoms with Crippen LogP contribution in [0.4, 0.5) is 8.78 Å². The van der Waals surface area contributed by atoms with E-state index >= 15 is 0 Å². The van der Waals surface area contributed by atoms with E-state index in [1.165, 1.54) is 4.90 Å². The van der Waals surface area contributed by atoms with E-state index in [0.717, 1.165) is 12.8 Å². The molecule has 116 valence electrons. The summed E-state index contributed by atoms with van der Waals surface area (Å²) in [4.78, 5) is 12.8. The number of carbonyl (C=O) groups excluding carboxylic acids is 1. The van der Waals surface area contributed by atoms with Crippen LogP contribution in [0.25, 0.3) is 0 Å². The molecule has 1 amide bonds. The van der Waals surface area contributed by atoms with Crippen LogP contribution in [0, 0.1) is 11.6 Å². The van der Waals surface area contributed by atoms with E-state index in [1.807, 2.05) is 6.92 Å². The van der Waals surface area contributed by atoms with Crippen molar-refractivity contribution in [2.75, 3.05) is 6.54 Å². The van der Waals surface area contributed by atoms with E-state index in [1.54, 1.807) is 0 Å². The van der Waals surface area contributed by atoms with Crippen molar-refractivity contribution in [3.8, 4) is 0 Å². The van der Waals surface area contributed by atoms with Crippen LogP contribution in [0.15, 0.2) is 17.0 Å². The van der Waals surface area contributed by atoms with Crippen LogP contribution >= 0.6 is 10.7 Å². The monoisotopic (exact) mass is 337 g/mol. The Hall–Kier alpha value is -1.21. The minimum atomic E-state index is -4.47. The highest BCUT2D eigenvalue weighted by Gasteiger charge is 2.35. The van der Waals surface area contributed by atoms with Gasteiger partial charge in [0.2, 0.25) is 0 Å². The third-order valence-corrected chi connectivity index (χ3v) is 4.53. The molecule has 4 nitrogen and oxygen atoms in total. The fraction of sp³-hybridized carbons (Fsp3) is 0.462. The maximum atomic E-state index is 14.2. The molecule has 0 heterocycles. The molecule has 0 N–H and O–H groups in total. The molecule has 0 radical (unpaired) electrons. The van der Waals surface area contributed by atoms with Crippen LogP contribution in [0.3, 0.4) is 0 Å². The van der Waals surface area contributed by atoms with Crippen LogP contribution in [0.2, 0.25) is 0 Å². The van der Waals surface area contributed by atoms with Crippen molar-refractivity contribution in [2.45, 2.75) is 37.1 Å². The lowest BCUT2D eigenvalue weighted by molar-refractivity contribution is 0.0737. The molecule has 0 saturated heterocycles. The van der Waals surface area contributed by atoms with Gasteiger partial charge >= 0.3 is 0 Å². The minimum absolute atomic E-state index is 0.0103. The summed E-state index contributed by atoms with van der Waals surface area (Å²) in [5, 5.41) is 0. The third-order valence-electron chi connectivity index (χ3n) is 3.21. The molecule has 1 aliphatic rings. The molecule has 2 rings (SSSR count). The maximum Gasteiger partial charge on any atom is 0.264 e. The minimum Gasteiger partial charge on any atom is -0.336 e. The molecule has 0 bridgehead atoms. The van der Waals surface area contributed by atoms with Gasteiger partial charge in [0.05, 0.1) is 5.56 Å². The lowest BCUT2D eigenvalue weighted by Crippen LogP contribution is -2.34. The highest BCUT2D eigenvalue weighted by Crippen LogP contribution is 2.30. The summed E-state index contributed by atoms with van der Waals surface area (Å²) in [6.45, 7) is 2.27. The van der Waals surface area contributed by atoms with Crippen molar-refractivity contribution in [2.24, 2.45) is 0 Å². The number of nitrogens with zero attached hydrogens (tertiary/aromatic N) is 1. The van der Waals surface area contributed by atoms with Gasteiger partial charge in [-0.3, -0.25) is 4.79 Å². The second-order valence-corrected chi connectivity index (χ2v) is 7.47. The van der Waals surface area contributed by atoms with Gasteiger partial charge < -0.3 is 4.90 Å². The molecular weight excluding hydrogens is 324 g/mol. The molecule has 1 fully saturated rings. The predicted molar refractivity (Wildman–Crippen MR) is 73.7 cm³/mol. The zero-order valence-corrected chi connectivity index (χ0v) is 12.8. The first kappa shape index (κ1) is 16.2. The standard InChI is InChI=1S/C13H14ClF2NO3S/c1-2-5-17(9-3-4-9)13(18)10-6-8(15)7-11(12(10)16)21(14,19)20/h6-7,9H,2-5H2,1H3. The Bertz CT molecular complexity index is 674. The number of rotatable bonds is 5. The zero-order valence-electron chi connectivity index (χ0n) is 11.3. The largest absolute Gasteiger partial charge is 0.336 e. The average molecular weight is 338 g/mol. The number of halogens is 3. The smallest absolute Gasteiger partial charge is 0.264 e. The van der Waals surface area contributed by atoms with Crippen LogP contribution in [-0.4, -0.2) is 31.8 Å². The van der Waals surface area contributed by atoms with Gasteiger partial charge in [-0.05, 0) is 31.4 Å². The van der Waals surface area contributed by atoms with Crippen LogP contribution in [-0.2, 0) is 9.05 Å². The summed E-state index contributed by atoms with van der Waals surface area (Å²) in [6.07, 6.45) is 2.28. The summed E-state index contributed by atoms with van der Waals surface area (Å²) in [5.74, 6) is -3.04. The first-order valence-corrected chi connectivity index (χ1v) is 8.81. The van der Waals surface area contributed by atoms with Crippen molar-refractivity contribution in [1.82, 2.24) is 4.90 Å². The summed E-state index contributed by atoms with van der Waals surface area (Å²) in [6, 6.07) is 1.18. The van der Waals surface area contributed by atoms with Gasteiger partial charge in [0.25, 0.3) is 15.0 Å². The molecule has 0 aromatic heterocycles. The Labute approximate surface area is 126 Å². The molecule has 21 heavy (non-hydrogen) atoms. The fourth-order valence-electron chi connectivity index (χ4n) is 2.13. The lowest BCUT2D eigenvalue weighted by Gasteiger charge is -2.22. The molecule has 1 aliphatic carbocycles. The Kier molecular flexibility index (Phi) is 4.53. The van der Waals surface area contributed by atoms with E-state index in [9.17, 15) is 22.0 Å². The number of carbonyl (C=O) groups is 1. The Morgan fingerprint density at radius 1 is 1.38 bits per heavy atom. The summed E-state index contributed by atoms with van der Waals surface area (Å²) in [7, 11) is 0.601. The normalized spacial score (nSPS) is 15.0. The summed E-state index contributed by atoms with van der Waals surface area (Å²) < 4.78 is 50.2. The van der Waals surface area contributed by atoms with E-state index in [0.29, 0.717) is 25.1 Å². The molecule has 0 atom stereocenters. The predicted octanol–water partition coefficient (Wildman–Crippen LogP) is 2.91. The molecule has 0 unspecified atom stereocenters. The van der Waals surface area contributed by atoms with Crippen molar-refractivity contribution in [1.29, 1.82) is 0 Å². The average Bonchev–Trinajstić information content (AvgIpc) is 3.20. The van der Waals surface area contributed by atoms with Crippen molar-refractivity contribution in [3.05, 3.63) is 29.3 Å². The molecule has 8 heteroatoms. The fourth-order valence-corrected chi connectivity index (χ4v) is 3.04. The van der Waals surface area contributed by atoms with Gasteiger partial charge in [-0.1, -0.05) is 6.92 Å². The van der Waals surface area contributed by atoms with Gasteiger partial charge in [0, 0.05) is 23.3 Å². The Morgan fingerprint density at radius 2 is 2.00 bits per heavy atom. The zero-order chi connectivity index (χ0) is 15.8. The number of benzene rings is 1. The third kappa shape index (κ3) is 3.52. The summed E-state index contributed by atoms with van der Waals surface area (Å²) in [5.41, 5.74) is -0.602. The number of hydrogen-bond donors (Lipinski definition) is 0. The van der Waals surface area contributed by atoms with Crippen molar-refractivity contribution in [3.63, 3.8) is 0 Å². The van der Waals surface area contributed by atoms with Gasteiger partial charge in [-0.2, -0.15) is 0 Å². The molecule has 0 spiro atoms. The summed E-state index contributed by atoms with van der Waals surface area (Å²) >= 11 is 0. The highest BCUT2D eigenvalue weighted by molar-refractivity contribution is 8.13. The lowest BCUT2D eigenvalue weighted by atomic mass is 10.1. The van der Waals surface area contributed by atoms with E-state index in [4.69, 9.17) is 10.7 Å². The van der Waals surface area contributed by atoms with Gasteiger partial charge in [0.1, 0.15) is 10.7 Å². The first-order valence-electron chi connectivity index (χ1n) is 6.50. The molecule has 1 aromatic rings. The Balaban J connectivity index is 2.48. The van der Waals surface area contributed by atoms with E-state index < -0.39 is 37.1 Å². The molecule has 1 aromatic carbocycles. The Morgan fingerprint density at radius 3 is 2.48 bits per heavy atom. The van der Waals surface area contributed by atoms with E-state index in [-0.39, 0.29) is 6.04 Å². The second kappa shape index (κ2) is 5.88. The highest BCUT2D eigenvalue weighted by atomic mass is 35.7. The van der Waals surface area contributed by atoms with Crippen molar-refractivity contribution >= 4 is 25.6 Å². The van der Waals surface area contributed by atoms with Crippen molar-refractivity contribution < 1.29 is 22.0 Å². The quantitative estimate of drug-likeness (QED) is 0.776. The first-order chi connectivity index (χ1) is 9.75. The molecular formula is C13H14ClF2NO3S. The topological polar surface area (TPSA) is 54.5 Å². The SMILES string of the molecule is CCCN(C(=O)c1cc(F)cc(S(=O)(=O)Cl)c1F)C1CC1.